The molecule has 0 unspecified atom stereocenters. The average molecular weight is 528 g/mol. The second-order valence-electron chi connectivity index (χ2n) is 7.16. The van der Waals surface area contributed by atoms with Crippen molar-refractivity contribution >= 4 is 45.8 Å². The van der Waals surface area contributed by atoms with E-state index in [1.807, 2.05) is 0 Å². The van der Waals surface area contributed by atoms with Crippen LogP contribution in [0.5, 0.6) is 0 Å². The first-order valence-electron chi connectivity index (χ1n) is 9.60. The van der Waals surface area contributed by atoms with Gasteiger partial charge in [-0.1, -0.05) is 29.8 Å². The number of rotatable bonds is 7. The van der Waals surface area contributed by atoms with E-state index in [-0.39, 0.29) is 12.5 Å². The van der Waals surface area contributed by atoms with Gasteiger partial charge in [-0.2, -0.15) is 0 Å². The zero-order chi connectivity index (χ0) is 25.2. The molecule has 0 aromatic carbocycles. The summed E-state index contributed by atoms with van der Waals surface area (Å²) in [5, 5.41) is 7.36. The molecule has 32 heavy (non-hydrogen) atoms. The molecule has 1 heterocycles. The van der Waals surface area contributed by atoms with Crippen LogP contribution in [0.25, 0.3) is 0 Å². The van der Waals surface area contributed by atoms with Gasteiger partial charge in [0.15, 0.2) is 23.3 Å². The van der Waals surface area contributed by atoms with E-state index in [2.05, 4.69) is 15.9 Å². The first-order valence-corrected chi connectivity index (χ1v) is 10.5. The Bertz CT molecular complexity index is 684. The number of alkyl halides is 1. The third-order valence-electron chi connectivity index (χ3n) is 3.94. The molecule has 1 aliphatic heterocycles. The van der Waals surface area contributed by atoms with Crippen molar-refractivity contribution < 1.29 is 52.8 Å². The molecule has 1 aliphatic rings. The molecule has 3 N–H and O–H groups in total. The molecular formula is C19H30BrNO11. The second kappa shape index (κ2) is 14.0. The number of aliphatic carboxylic acids is 1. The number of carbonyl (C=O) groups is 5. The van der Waals surface area contributed by atoms with Crippen molar-refractivity contribution in [2.24, 2.45) is 11.7 Å². The third kappa shape index (κ3) is 10.9. The van der Waals surface area contributed by atoms with Gasteiger partial charge in [-0.3, -0.25) is 24.0 Å². The van der Waals surface area contributed by atoms with Crippen molar-refractivity contribution in [3.05, 3.63) is 0 Å². The van der Waals surface area contributed by atoms with Gasteiger partial charge < -0.3 is 34.5 Å². The minimum atomic E-state index is -1.13. The summed E-state index contributed by atoms with van der Waals surface area (Å²) in [7, 11) is 0. The van der Waals surface area contributed by atoms with Gasteiger partial charge in [0.25, 0.3) is 0 Å². The Hall–Kier alpha value is -2.25. The molecule has 0 radical (unpaired) electrons. The molecule has 0 spiro atoms. The quantitative estimate of drug-likeness (QED) is 0.266. The lowest BCUT2D eigenvalue weighted by atomic mass is 9.99. The highest BCUT2D eigenvalue weighted by atomic mass is 79.9. The summed E-state index contributed by atoms with van der Waals surface area (Å²) in [6.07, 6.45) is -4.22. The lowest BCUT2D eigenvalue weighted by Gasteiger charge is -2.42. The molecule has 0 aromatic heterocycles. The second-order valence-corrected chi connectivity index (χ2v) is 8.06. The zero-order valence-electron chi connectivity index (χ0n) is 18.7. The van der Waals surface area contributed by atoms with Crippen LogP contribution in [0, 0.1) is 5.92 Å². The van der Waals surface area contributed by atoms with E-state index < -0.39 is 65.3 Å². The maximum Gasteiger partial charge on any atom is 0.320 e. The van der Waals surface area contributed by atoms with Crippen LogP contribution in [0.3, 0.4) is 0 Å². The number of ether oxygens (including phenoxy) is 5. The topological polar surface area (TPSA) is 178 Å². The fourth-order valence-electron chi connectivity index (χ4n) is 2.46. The Kier molecular flexibility index (Phi) is 13.0. The van der Waals surface area contributed by atoms with Gasteiger partial charge in [0.2, 0.25) is 0 Å². The van der Waals surface area contributed by atoms with E-state index in [1.54, 1.807) is 13.8 Å². The first-order chi connectivity index (χ1) is 14.7. The Morgan fingerprint density at radius 1 is 0.875 bits per heavy atom. The number of halogens is 1. The highest BCUT2D eigenvalue weighted by Crippen LogP contribution is 2.31. The van der Waals surface area contributed by atoms with Crippen LogP contribution in [0.2, 0.25) is 0 Å². The van der Waals surface area contributed by atoms with Crippen molar-refractivity contribution in [2.75, 3.05) is 6.61 Å². The fraction of sp³-hybridized carbons (Fsp3) is 0.737. The van der Waals surface area contributed by atoms with Crippen LogP contribution in [0.4, 0.5) is 0 Å². The molecule has 184 valence electrons. The lowest BCUT2D eigenvalue weighted by Crippen LogP contribution is -2.60. The molecule has 1 saturated heterocycles. The predicted octanol–water partition coefficient (Wildman–Crippen LogP) is 0.519. The predicted molar refractivity (Wildman–Crippen MR) is 111 cm³/mol. The standard InChI is InChI=1S/C14H19BrO9.C5H11NO2/c1-6(16)20-5-10-11(21-7(2)17)12(22-8(3)18)13(14(15)24-10)23-9(4)19;1-3(2)4(6)5(7)8/h10-14H,5H2,1-4H3;3-4H,6H2,1-2H3,(H,7,8)/t10-,11-,12+,13-,14+;4-/m10/s1. The number of carbonyl (C=O) groups excluding carboxylic acids is 4. The minimum Gasteiger partial charge on any atom is -0.480 e. The highest BCUT2D eigenvalue weighted by Gasteiger charge is 2.51. The average Bonchev–Trinajstić information content (AvgIpc) is 2.64. The van der Waals surface area contributed by atoms with E-state index in [1.165, 1.54) is 13.8 Å². The van der Waals surface area contributed by atoms with Crippen LogP contribution < -0.4 is 5.73 Å². The molecular weight excluding hydrogens is 498 g/mol. The maximum atomic E-state index is 11.4. The van der Waals surface area contributed by atoms with Crippen LogP contribution >= 0.6 is 15.9 Å². The van der Waals surface area contributed by atoms with Gasteiger partial charge in [0, 0.05) is 27.7 Å². The molecule has 1 fully saturated rings. The van der Waals surface area contributed by atoms with Crippen LogP contribution in [-0.4, -0.2) is 77.0 Å². The molecule has 0 saturated carbocycles. The summed E-state index contributed by atoms with van der Waals surface area (Å²) in [5.74, 6) is -3.43. The number of carboxylic acid groups (broad SMARTS) is 1. The van der Waals surface area contributed by atoms with Gasteiger partial charge in [0.05, 0.1) is 0 Å². The summed E-state index contributed by atoms with van der Waals surface area (Å²) in [5.41, 5.74) is 5.16. The van der Waals surface area contributed by atoms with Gasteiger partial charge in [-0.15, -0.1) is 0 Å². The molecule has 0 aromatic rings. The van der Waals surface area contributed by atoms with Gasteiger partial charge in [-0.05, 0) is 5.92 Å². The molecule has 6 atom stereocenters. The molecule has 0 aliphatic carbocycles. The smallest absolute Gasteiger partial charge is 0.320 e. The molecule has 0 amide bonds. The number of esters is 4. The van der Waals surface area contributed by atoms with E-state index in [4.69, 9.17) is 34.5 Å². The van der Waals surface area contributed by atoms with Crippen molar-refractivity contribution in [1.82, 2.24) is 0 Å². The Labute approximate surface area is 194 Å². The number of hydrogen-bond donors (Lipinski definition) is 2. The first kappa shape index (κ1) is 29.8. The van der Waals surface area contributed by atoms with Gasteiger partial charge in [-0.25, -0.2) is 0 Å². The normalized spacial score (nSPS) is 25.5. The van der Waals surface area contributed by atoms with E-state index in [0.717, 1.165) is 13.8 Å². The SMILES string of the molecule is CC(=O)OC[C@H]1O[C@H](Br)[C@H](OC(C)=O)[C@@H](OC(C)=O)[C@@H]1OC(C)=O.CC(C)[C@H](N)C(=O)O. The Morgan fingerprint density at radius 3 is 1.66 bits per heavy atom. The van der Waals surface area contributed by atoms with Crippen LogP contribution in [0.1, 0.15) is 41.5 Å². The van der Waals surface area contributed by atoms with E-state index in [0.29, 0.717) is 0 Å². The third-order valence-corrected chi connectivity index (χ3v) is 4.67. The van der Waals surface area contributed by atoms with E-state index >= 15 is 0 Å². The fourth-order valence-corrected chi connectivity index (χ4v) is 3.15. The lowest BCUT2D eigenvalue weighted by molar-refractivity contribution is -0.236. The van der Waals surface area contributed by atoms with Crippen LogP contribution in [0.15, 0.2) is 0 Å². The molecule has 12 nitrogen and oxygen atoms in total. The van der Waals surface area contributed by atoms with E-state index in [9.17, 15) is 24.0 Å². The van der Waals surface area contributed by atoms with Crippen molar-refractivity contribution in [3.63, 3.8) is 0 Å². The number of nitrogens with two attached hydrogens (primary N) is 1. The molecule has 0 bridgehead atoms. The summed E-state index contributed by atoms with van der Waals surface area (Å²) < 4.78 is 25.9. The van der Waals surface area contributed by atoms with Crippen molar-refractivity contribution in [1.29, 1.82) is 0 Å². The van der Waals surface area contributed by atoms with Gasteiger partial charge >= 0.3 is 29.8 Å². The largest absolute Gasteiger partial charge is 0.480 e. The Morgan fingerprint density at radius 2 is 1.31 bits per heavy atom. The molecule has 1 rings (SSSR count). The van der Waals surface area contributed by atoms with Gasteiger partial charge in [0.1, 0.15) is 18.8 Å². The van der Waals surface area contributed by atoms with Crippen molar-refractivity contribution in [3.8, 4) is 0 Å². The highest BCUT2D eigenvalue weighted by molar-refractivity contribution is 9.09. The van der Waals surface area contributed by atoms with Crippen molar-refractivity contribution in [2.45, 2.75) is 77.0 Å². The summed E-state index contributed by atoms with van der Waals surface area (Å²) >= 11 is 3.18. The summed E-state index contributed by atoms with van der Waals surface area (Å²) in [4.78, 5) is 55.1. The number of hydrogen-bond acceptors (Lipinski definition) is 11. The maximum absolute atomic E-state index is 11.4. The van der Waals surface area contributed by atoms with Crippen LogP contribution in [-0.2, 0) is 47.7 Å². The Balaban J connectivity index is 0.00000102. The molecule has 13 heteroatoms. The monoisotopic (exact) mass is 527 g/mol. The summed E-state index contributed by atoms with van der Waals surface area (Å²) in [6.45, 7) is 8.03. The summed E-state index contributed by atoms with van der Waals surface area (Å²) in [6, 6.07) is -0.713. The minimum absolute atomic E-state index is 0.0208. The zero-order valence-corrected chi connectivity index (χ0v) is 20.3. The number of carboxylic acids is 1.